The SMILES string of the molecule is CCOc1ccc(C2CCCN2C(=O)CN2CCCC(CO)C2)cc1. The number of hydrogen-bond acceptors (Lipinski definition) is 4. The quantitative estimate of drug-likeness (QED) is 0.860. The molecule has 0 spiro atoms. The summed E-state index contributed by atoms with van der Waals surface area (Å²) in [6, 6.07) is 8.35. The van der Waals surface area contributed by atoms with Crippen LogP contribution >= 0.6 is 0 Å². The highest BCUT2D eigenvalue weighted by Crippen LogP contribution is 2.33. The average molecular weight is 346 g/mol. The molecule has 138 valence electrons. The summed E-state index contributed by atoms with van der Waals surface area (Å²) in [5, 5.41) is 9.37. The van der Waals surface area contributed by atoms with Crippen molar-refractivity contribution in [1.29, 1.82) is 0 Å². The Labute approximate surface area is 150 Å². The van der Waals surface area contributed by atoms with E-state index in [1.54, 1.807) is 0 Å². The van der Waals surface area contributed by atoms with Crippen molar-refractivity contribution in [3.8, 4) is 5.75 Å². The number of carbonyl (C=O) groups excluding carboxylic acids is 1. The summed E-state index contributed by atoms with van der Waals surface area (Å²) in [6.07, 6.45) is 4.22. The van der Waals surface area contributed by atoms with Gasteiger partial charge in [0, 0.05) is 19.7 Å². The van der Waals surface area contributed by atoms with Gasteiger partial charge in [0.05, 0.1) is 19.2 Å². The van der Waals surface area contributed by atoms with E-state index in [0.29, 0.717) is 19.1 Å². The Balaban J connectivity index is 1.61. The van der Waals surface area contributed by atoms with E-state index in [-0.39, 0.29) is 18.6 Å². The molecule has 5 nitrogen and oxygen atoms in total. The van der Waals surface area contributed by atoms with Crippen LogP contribution in [0.1, 0.15) is 44.2 Å². The van der Waals surface area contributed by atoms with E-state index in [1.807, 2.05) is 24.0 Å². The molecular weight excluding hydrogens is 316 g/mol. The molecule has 1 N–H and O–H groups in total. The minimum Gasteiger partial charge on any atom is -0.494 e. The number of aliphatic hydroxyl groups excluding tert-OH is 1. The fraction of sp³-hybridized carbons (Fsp3) is 0.650. The van der Waals surface area contributed by atoms with E-state index in [2.05, 4.69) is 17.0 Å². The molecule has 25 heavy (non-hydrogen) atoms. The molecule has 0 radical (unpaired) electrons. The van der Waals surface area contributed by atoms with Gasteiger partial charge < -0.3 is 14.7 Å². The van der Waals surface area contributed by atoms with Crippen LogP contribution in [-0.2, 0) is 4.79 Å². The predicted molar refractivity (Wildman–Crippen MR) is 97.5 cm³/mol. The molecule has 5 heteroatoms. The van der Waals surface area contributed by atoms with E-state index in [1.165, 1.54) is 5.56 Å². The normalized spacial score (nSPS) is 24.5. The molecule has 2 heterocycles. The van der Waals surface area contributed by atoms with Crippen molar-refractivity contribution in [2.45, 2.75) is 38.6 Å². The zero-order valence-electron chi connectivity index (χ0n) is 15.2. The summed E-state index contributed by atoms with van der Waals surface area (Å²) in [7, 11) is 0. The lowest BCUT2D eigenvalue weighted by atomic mass is 9.99. The van der Waals surface area contributed by atoms with Crippen LogP contribution in [-0.4, -0.2) is 60.2 Å². The number of aliphatic hydroxyl groups is 1. The summed E-state index contributed by atoms with van der Waals surface area (Å²) < 4.78 is 5.51. The first-order valence-electron chi connectivity index (χ1n) is 9.56. The molecule has 1 aromatic carbocycles. The smallest absolute Gasteiger partial charge is 0.237 e. The van der Waals surface area contributed by atoms with E-state index >= 15 is 0 Å². The van der Waals surface area contributed by atoms with Gasteiger partial charge in [-0.2, -0.15) is 0 Å². The zero-order chi connectivity index (χ0) is 17.6. The van der Waals surface area contributed by atoms with Gasteiger partial charge in [0.15, 0.2) is 0 Å². The van der Waals surface area contributed by atoms with Gasteiger partial charge in [0.25, 0.3) is 0 Å². The third kappa shape index (κ3) is 4.53. The number of rotatable bonds is 6. The van der Waals surface area contributed by atoms with Crippen molar-refractivity contribution in [2.75, 3.05) is 39.4 Å². The average Bonchev–Trinajstić information content (AvgIpc) is 3.13. The van der Waals surface area contributed by atoms with Gasteiger partial charge in [-0.05, 0) is 62.8 Å². The van der Waals surface area contributed by atoms with Crippen LogP contribution in [0.3, 0.4) is 0 Å². The van der Waals surface area contributed by atoms with Gasteiger partial charge in [-0.1, -0.05) is 12.1 Å². The highest BCUT2D eigenvalue weighted by Gasteiger charge is 2.31. The number of hydrogen-bond donors (Lipinski definition) is 1. The first-order chi connectivity index (χ1) is 12.2. The summed E-state index contributed by atoms with van der Waals surface area (Å²) in [5.41, 5.74) is 1.20. The number of piperidine rings is 1. The second-order valence-corrected chi connectivity index (χ2v) is 7.17. The Bertz CT molecular complexity index is 561. The summed E-state index contributed by atoms with van der Waals surface area (Å²) >= 11 is 0. The fourth-order valence-corrected chi connectivity index (χ4v) is 4.09. The van der Waals surface area contributed by atoms with Crippen molar-refractivity contribution in [3.05, 3.63) is 29.8 Å². The molecule has 1 amide bonds. The Morgan fingerprint density at radius 3 is 2.68 bits per heavy atom. The number of amides is 1. The van der Waals surface area contributed by atoms with Crippen molar-refractivity contribution in [2.24, 2.45) is 5.92 Å². The number of likely N-dealkylation sites (tertiary alicyclic amines) is 2. The maximum Gasteiger partial charge on any atom is 0.237 e. The fourth-order valence-electron chi connectivity index (χ4n) is 4.09. The standard InChI is InChI=1S/C20H30N2O3/c1-2-25-18-9-7-17(8-10-18)19-6-4-12-22(19)20(24)14-21-11-3-5-16(13-21)15-23/h7-10,16,19,23H,2-6,11-15H2,1H3. The minimum atomic E-state index is 0.182. The highest BCUT2D eigenvalue weighted by atomic mass is 16.5. The van der Waals surface area contributed by atoms with Gasteiger partial charge in [0.2, 0.25) is 5.91 Å². The zero-order valence-corrected chi connectivity index (χ0v) is 15.2. The topological polar surface area (TPSA) is 53.0 Å². The number of carbonyl (C=O) groups is 1. The monoisotopic (exact) mass is 346 g/mol. The van der Waals surface area contributed by atoms with E-state index in [9.17, 15) is 9.90 Å². The summed E-state index contributed by atoms with van der Waals surface area (Å²) in [6.45, 7) is 5.99. The van der Waals surface area contributed by atoms with E-state index in [4.69, 9.17) is 4.74 Å². The maximum atomic E-state index is 12.9. The van der Waals surface area contributed by atoms with Crippen LogP contribution in [0, 0.1) is 5.92 Å². The van der Waals surface area contributed by atoms with Crippen LogP contribution in [0.5, 0.6) is 5.75 Å². The molecule has 2 unspecified atom stereocenters. The van der Waals surface area contributed by atoms with Gasteiger partial charge in [-0.3, -0.25) is 9.69 Å². The van der Waals surface area contributed by atoms with Crippen molar-refractivity contribution in [3.63, 3.8) is 0 Å². The second kappa shape index (κ2) is 8.68. The Hall–Kier alpha value is -1.59. The van der Waals surface area contributed by atoms with Crippen LogP contribution < -0.4 is 4.74 Å². The molecule has 2 saturated heterocycles. The van der Waals surface area contributed by atoms with Gasteiger partial charge in [-0.15, -0.1) is 0 Å². The van der Waals surface area contributed by atoms with Crippen LogP contribution in [0.15, 0.2) is 24.3 Å². The third-order valence-corrected chi connectivity index (χ3v) is 5.37. The molecule has 2 aliphatic rings. The van der Waals surface area contributed by atoms with Crippen LogP contribution in [0.2, 0.25) is 0 Å². The second-order valence-electron chi connectivity index (χ2n) is 7.17. The van der Waals surface area contributed by atoms with Gasteiger partial charge in [-0.25, -0.2) is 0 Å². The third-order valence-electron chi connectivity index (χ3n) is 5.37. The molecule has 0 bridgehead atoms. The molecular formula is C20H30N2O3. The first kappa shape index (κ1) is 18.2. The Kier molecular flexibility index (Phi) is 6.32. The molecule has 0 aromatic heterocycles. The number of nitrogens with zero attached hydrogens (tertiary/aromatic N) is 2. The molecule has 2 fully saturated rings. The molecule has 0 aliphatic carbocycles. The van der Waals surface area contributed by atoms with Crippen LogP contribution in [0.25, 0.3) is 0 Å². The largest absolute Gasteiger partial charge is 0.494 e. The van der Waals surface area contributed by atoms with Crippen LogP contribution in [0.4, 0.5) is 0 Å². The summed E-state index contributed by atoms with van der Waals surface area (Å²) in [4.78, 5) is 17.1. The lowest BCUT2D eigenvalue weighted by Gasteiger charge is -2.33. The Morgan fingerprint density at radius 2 is 1.96 bits per heavy atom. The van der Waals surface area contributed by atoms with E-state index in [0.717, 1.165) is 51.1 Å². The minimum absolute atomic E-state index is 0.182. The maximum absolute atomic E-state index is 12.9. The van der Waals surface area contributed by atoms with Gasteiger partial charge >= 0.3 is 0 Å². The summed E-state index contributed by atoms with van der Waals surface area (Å²) in [5.74, 6) is 1.42. The first-order valence-corrected chi connectivity index (χ1v) is 9.56. The molecule has 2 aliphatic heterocycles. The molecule has 3 rings (SSSR count). The number of benzene rings is 1. The lowest BCUT2D eigenvalue weighted by molar-refractivity contribution is -0.133. The number of ether oxygens (including phenoxy) is 1. The predicted octanol–water partition coefficient (Wildman–Crippen LogP) is 2.45. The van der Waals surface area contributed by atoms with Crippen molar-refractivity contribution in [1.82, 2.24) is 9.80 Å². The van der Waals surface area contributed by atoms with Crippen molar-refractivity contribution < 1.29 is 14.6 Å². The van der Waals surface area contributed by atoms with Crippen molar-refractivity contribution >= 4 is 5.91 Å². The highest BCUT2D eigenvalue weighted by molar-refractivity contribution is 5.79. The molecule has 0 saturated carbocycles. The van der Waals surface area contributed by atoms with E-state index < -0.39 is 0 Å². The molecule has 2 atom stereocenters. The van der Waals surface area contributed by atoms with Gasteiger partial charge in [0.1, 0.15) is 5.75 Å². The molecule has 1 aromatic rings. The Morgan fingerprint density at radius 1 is 1.20 bits per heavy atom. The lowest BCUT2D eigenvalue weighted by Crippen LogP contribution is -2.44.